The van der Waals surface area contributed by atoms with Crippen molar-refractivity contribution in [3.63, 3.8) is 0 Å². The predicted molar refractivity (Wildman–Crippen MR) is 128 cm³/mol. The molecule has 0 radical (unpaired) electrons. The molecule has 184 valence electrons. The first kappa shape index (κ1) is 23.4. The van der Waals surface area contributed by atoms with Gasteiger partial charge in [-0.05, 0) is 11.5 Å². The Kier molecular flexibility index (Phi) is 6.06. The topological polar surface area (TPSA) is 164 Å². The van der Waals surface area contributed by atoms with Crippen LogP contribution in [-0.4, -0.2) is 62.8 Å². The summed E-state index contributed by atoms with van der Waals surface area (Å²) in [7, 11) is 1.25. The van der Waals surface area contributed by atoms with E-state index in [1.165, 1.54) is 23.8 Å². The summed E-state index contributed by atoms with van der Waals surface area (Å²) in [6.07, 6.45) is 4.95. The molecule has 0 saturated carbocycles. The van der Waals surface area contributed by atoms with Gasteiger partial charge >= 0.3 is 5.97 Å². The number of aromatic nitrogens is 2. The van der Waals surface area contributed by atoms with Gasteiger partial charge in [0.15, 0.2) is 24.7 Å². The SMILES string of the molecule is CO/N=C(\C(=O)NC1C(=O)N2C(C(=O)O)=C(C[n+]3ccc4ccccc4c3)CS[C@H]12)c1coc(N)n1. The summed E-state index contributed by atoms with van der Waals surface area (Å²) in [5.74, 6) is -2.09. The molecule has 36 heavy (non-hydrogen) atoms. The molecule has 2 atom stereocenters. The standard InChI is InChI=1S/C23H20N6O6S/c1-34-27-16(15-10-35-23(24)25-15)19(30)26-17-20(31)29-18(22(32)33)14(11-36-21(17)29)9-28-7-6-12-4-2-3-5-13(12)8-28/h2-8,10,17,21H,9,11H2,1H3,(H3-,24,25,26,30,32,33)/p+1/b27-16-/t17?,21-/m1/s1. The molecule has 2 aromatic heterocycles. The van der Waals surface area contributed by atoms with Gasteiger partial charge in [-0.15, -0.1) is 11.8 Å². The summed E-state index contributed by atoms with van der Waals surface area (Å²) in [6.45, 7) is 0.311. The number of anilines is 1. The van der Waals surface area contributed by atoms with Crippen LogP contribution in [0, 0.1) is 0 Å². The molecular weight excluding hydrogens is 488 g/mol. The third kappa shape index (κ3) is 4.13. The van der Waals surface area contributed by atoms with Gasteiger partial charge in [0, 0.05) is 22.8 Å². The number of rotatable bonds is 7. The summed E-state index contributed by atoms with van der Waals surface area (Å²) in [5, 5.41) is 17.7. The number of fused-ring (bicyclic) bond motifs is 2. The largest absolute Gasteiger partial charge is 0.477 e. The Morgan fingerprint density at radius 3 is 2.83 bits per heavy atom. The number of thioether (sulfide) groups is 1. The van der Waals surface area contributed by atoms with E-state index in [4.69, 9.17) is 15.0 Å². The van der Waals surface area contributed by atoms with E-state index < -0.39 is 29.2 Å². The van der Waals surface area contributed by atoms with Crippen LogP contribution in [0.1, 0.15) is 5.69 Å². The average molecular weight is 510 g/mol. The average Bonchev–Trinajstić information content (AvgIpc) is 3.30. The Labute approximate surface area is 208 Å². The molecule has 1 unspecified atom stereocenters. The van der Waals surface area contributed by atoms with E-state index >= 15 is 0 Å². The van der Waals surface area contributed by atoms with Crippen LogP contribution in [0.2, 0.25) is 0 Å². The third-order valence-corrected chi connectivity index (χ3v) is 7.16. The highest BCUT2D eigenvalue weighted by atomic mass is 32.2. The molecular formula is C23H21N6O6S+. The minimum atomic E-state index is -1.20. The number of hydrogen-bond donors (Lipinski definition) is 3. The number of nitrogen functional groups attached to an aromatic ring is 1. The fraction of sp³-hybridized carbons (Fsp3) is 0.217. The maximum atomic E-state index is 13.0. The molecule has 1 aromatic carbocycles. The number of oxazole rings is 1. The molecule has 4 heterocycles. The van der Waals surface area contributed by atoms with Crippen molar-refractivity contribution in [1.29, 1.82) is 0 Å². The number of carbonyl (C=O) groups is 3. The molecule has 13 heteroatoms. The molecule has 5 rings (SSSR count). The lowest BCUT2D eigenvalue weighted by Gasteiger charge is -2.49. The number of carbonyl (C=O) groups excluding carboxylic acids is 2. The van der Waals surface area contributed by atoms with E-state index in [9.17, 15) is 19.5 Å². The molecule has 12 nitrogen and oxygen atoms in total. The zero-order valence-corrected chi connectivity index (χ0v) is 19.8. The highest BCUT2D eigenvalue weighted by Crippen LogP contribution is 2.40. The smallest absolute Gasteiger partial charge is 0.352 e. The minimum Gasteiger partial charge on any atom is -0.477 e. The van der Waals surface area contributed by atoms with Gasteiger partial charge in [-0.3, -0.25) is 14.5 Å². The third-order valence-electron chi connectivity index (χ3n) is 5.82. The molecule has 4 N–H and O–H groups in total. The number of amides is 2. The van der Waals surface area contributed by atoms with Crippen LogP contribution in [-0.2, 0) is 25.8 Å². The van der Waals surface area contributed by atoms with E-state index in [1.807, 2.05) is 47.3 Å². The predicted octanol–water partition coefficient (Wildman–Crippen LogP) is 0.487. The maximum absolute atomic E-state index is 13.0. The van der Waals surface area contributed by atoms with Gasteiger partial charge in [0.1, 0.15) is 36.2 Å². The van der Waals surface area contributed by atoms with Crippen molar-refractivity contribution in [3.05, 3.63) is 66.0 Å². The summed E-state index contributed by atoms with van der Waals surface area (Å²) < 4.78 is 6.81. The molecule has 0 bridgehead atoms. The first-order valence-corrected chi connectivity index (χ1v) is 11.8. The number of nitrogens with zero attached hydrogens (tertiary/aromatic N) is 4. The fourth-order valence-electron chi connectivity index (χ4n) is 4.20. The Bertz CT molecular complexity index is 1450. The number of benzene rings is 1. The Morgan fingerprint density at radius 1 is 1.36 bits per heavy atom. The minimum absolute atomic E-state index is 0.0348. The zero-order chi connectivity index (χ0) is 25.4. The van der Waals surface area contributed by atoms with Crippen LogP contribution in [0.3, 0.4) is 0 Å². The van der Waals surface area contributed by atoms with Gasteiger partial charge in [0.05, 0.1) is 0 Å². The van der Waals surface area contributed by atoms with Crippen molar-refractivity contribution in [2.75, 3.05) is 18.6 Å². The number of oxime groups is 1. The lowest BCUT2D eigenvalue weighted by molar-refractivity contribution is -0.687. The van der Waals surface area contributed by atoms with E-state index in [2.05, 4.69) is 15.5 Å². The second-order valence-corrected chi connectivity index (χ2v) is 9.16. The number of β-lactam (4-membered cyclic amide) rings is 1. The van der Waals surface area contributed by atoms with E-state index in [0.717, 1.165) is 17.0 Å². The molecule has 2 amide bonds. The van der Waals surface area contributed by atoms with Gasteiger partial charge in [-0.2, -0.15) is 4.98 Å². The van der Waals surface area contributed by atoms with Crippen molar-refractivity contribution < 1.29 is 33.3 Å². The van der Waals surface area contributed by atoms with Gasteiger partial charge < -0.3 is 25.4 Å². The molecule has 2 aliphatic heterocycles. The quantitative estimate of drug-likeness (QED) is 0.178. The molecule has 2 aliphatic rings. The monoisotopic (exact) mass is 509 g/mol. The van der Waals surface area contributed by atoms with Gasteiger partial charge in [0.2, 0.25) is 0 Å². The highest BCUT2D eigenvalue weighted by Gasteiger charge is 2.54. The molecule has 1 fully saturated rings. The van der Waals surface area contributed by atoms with Crippen LogP contribution in [0.25, 0.3) is 10.8 Å². The Balaban J connectivity index is 1.36. The first-order valence-electron chi connectivity index (χ1n) is 10.8. The number of nitrogens with one attached hydrogen (secondary N) is 1. The highest BCUT2D eigenvalue weighted by molar-refractivity contribution is 8.00. The van der Waals surface area contributed by atoms with Crippen LogP contribution < -0.4 is 15.6 Å². The van der Waals surface area contributed by atoms with Gasteiger partial charge in [-0.25, -0.2) is 9.36 Å². The number of carboxylic acid groups (broad SMARTS) is 1. The van der Waals surface area contributed by atoms with Crippen LogP contribution in [0.5, 0.6) is 0 Å². The molecule has 0 spiro atoms. The van der Waals surface area contributed by atoms with Crippen molar-refractivity contribution in [2.45, 2.75) is 18.0 Å². The molecule has 0 aliphatic carbocycles. The first-order chi connectivity index (χ1) is 17.4. The number of pyridine rings is 1. The van der Waals surface area contributed by atoms with Gasteiger partial charge in [-0.1, -0.05) is 23.4 Å². The van der Waals surface area contributed by atoms with E-state index in [1.54, 1.807) is 0 Å². The lowest BCUT2D eigenvalue weighted by Crippen LogP contribution is -2.71. The summed E-state index contributed by atoms with van der Waals surface area (Å²) in [5.41, 5.74) is 5.81. The van der Waals surface area contributed by atoms with Crippen LogP contribution >= 0.6 is 11.8 Å². The van der Waals surface area contributed by atoms with Crippen molar-refractivity contribution in [2.24, 2.45) is 5.16 Å². The second kappa shape index (κ2) is 9.34. The number of aliphatic carboxylic acids is 1. The van der Waals surface area contributed by atoms with Gasteiger partial charge in [0.25, 0.3) is 17.8 Å². The number of nitrogens with two attached hydrogens (primary N) is 1. The summed E-state index contributed by atoms with van der Waals surface area (Å²) >= 11 is 1.37. The molecule has 1 saturated heterocycles. The normalized spacial score (nSPS) is 19.6. The summed E-state index contributed by atoms with van der Waals surface area (Å²) in [6, 6.07) is 8.70. The Hall–Kier alpha value is -4.39. The number of carboxylic acids is 1. The lowest BCUT2D eigenvalue weighted by atomic mass is 10.0. The van der Waals surface area contributed by atoms with E-state index in [0.29, 0.717) is 17.9 Å². The van der Waals surface area contributed by atoms with Crippen LogP contribution in [0.15, 0.2) is 69.8 Å². The van der Waals surface area contributed by atoms with Crippen molar-refractivity contribution in [1.82, 2.24) is 15.2 Å². The fourth-order valence-corrected chi connectivity index (χ4v) is 5.54. The summed E-state index contributed by atoms with van der Waals surface area (Å²) in [4.78, 5) is 47.8. The maximum Gasteiger partial charge on any atom is 0.352 e. The zero-order valence-electron chi connectivity index (χ0n) is 19.0. The Morgan fingerprint density at radius 2 is 2.14 bits per heavy atom. The van der Waals surface area contributed by atoms with E-state index in [-0.39, 0.29) is 23.1 Å². The van der Waals surface area contributed by atoms with Crippen molar-refractivity contribution >= 4 is 52.0 Å². The number of hydrogen-bond acceptors (Lipinski definition) is 9. The molecule has 3 aromatic rings. The van der Waals surface area contributed by atoms with Crippen LogP contribution in [0.4, 0.5) is 6.01 Å². The van der Waals surface area contributed by atoms with Crippen molar-refractivity contribution in [3.8, 4) is 0 Å². The second-order valence-electron chi connectivity index (χ2n) is 8.06.